The van der Waals surface area contributed by atoms with Gasteiger partial charge in [-0.1, -0.05) is 204 Å². The lowest BCUT2D eigenvalue weighted by Crippen LogP contribution is -2.51. The Labute approximate surface area is 648 Å². The van der Waals surface area contributed by atoms with E-state index in [1.54, 1.807) is 5.57 Å². The van der Waals surface area contributed by atoms with E-state index in [-0.39, 0.29) is 0 Å². The second-order valence-electron chi connectivity index (χ2n) is 40.4. The fraction of sp³-hybridized carbons (Fsp3) is 0.979. The van der Waals surface area contributed by atoms with Crippen LogP contribution in [0.3, 0.4) is 0 Å². The summed E-state index contributed by atoms with van der Waals surface area (Å²) in [4.78, 5) is 0. The van der Waals surface area contributed by atoms with Gasteiger partial charge in [-0.3, -0.25) is 0 Å². The summed E-state index contributed by atoms with van der Waals surface area (Å²) in [6.45, 7) is 54.7. The molecule has 13 aliphatic carbocycles. The van der Waals surface area contributed by atoms with Crippen molar-refractivity contribution in [2.45, 2.75) is 426 Å². The van der Waals surface area contributed by atoms with E-state index in [0.717, 1.165) is 154 Å². The van der Waals surface area contributed by atoms with Gasteiger partial charge >= 0.3 is 0 Å². The number of ether oxygens (including phenoxy) is 7. The Morgan fingerprint density at radius 1 is 0.481 bits per heavy atom. The van der Waals surface area contributed by atoms with Crippen molar-refractivity contribution >= 4 is 0 Å². The second kappa shape index (κ2) is 45.4. The minimum Gasteiger partial charge on any atom is -0.381 e. The third-order valence-electron chi connectivity index (χ3n) is 31.5. The smallest absolute Gasteiger partial charge is 0.0682 e. The summed E-state index contributed by atoms with van der Waals surface area (Å²) in [6, 6.07) is 0. The Kier molecular flexibility index (Phi) is 39.6. The van der Waals surface area contributed by atoms with Gasteiger partial charge in [0.2, 0.25) is 0 Å². The molecule has 0 aliphatic heterocycles. The van der Waals surface area contributed by atoms with Crippen LogP contribution in [-0.4, -0.2) is 90.0 Å². The van der Waals surface area contributed by atoms with Gasteiger partial charge in [0.1, 0.15) is 0 Å². The molecular weight excluding hydrogens is 1280 g/mol. The Morgan fingerprint density at radius 3 is 1.67 bits per heavy atom. The van der Waals surface area contributed by atoms with E-state index in [2.05, 4.69) is 145 Å². The number of fused-ring (bicyclic) bond motifs is 9. The molecule has 13 rings (SSSR count). The van der Waals surface area contributed by atoms with Crippen molar-refractivity contribution in [3.63, 3.8) is 0 Å². The van der Waals surface area contributed by atoms with Crippen molar-refractivity contribution in [1.29, 1.82) is 0 Å². The van der Waals surface area contributed by atoms with Crippen molar-refractivity contribution in [2.24, 2.45) is 122 Å². The zero-order valence-electron chi connectivity index (χ0n) is 73.2. The molecule has 4 bridgehead atoms. The average molecular weight is 1460 g/mol. The number of hydrogen-bond donors (Lipinski definition) is 0. The van der Waals surface area contributed by atoms with Crippen molar-refractivity contribution in [3.05, 3.63) is 11.6 Å². The summed E-state index contributed by atoms with van der Waals surface area (Å²) in [5.74, 6) is 14.9. The van der Waals surface area contributed by atoms with E-state index in [9.17, 15) is 0 Å². The molecule has 7 nitrogen and oxygen atoms in total. The van der Waals surface area contributed by atoms with Gasteiger partial charge in [-0.15, -0.1) is 0 Å². The van der Waals surface area contributed by atoms with Gasteiger partial charge in [0.25, 0.3) is 0 Å². The summed E-state index contributed by atoms with van der Waals surface area (Å²) >= 11 is 0. The molecule has 0 radical (unpaired) electrons. The number of hydrogen-bond acceptors (Lipinski definition) is 7. The Morgan fingerprint density at radius 2 is 1.09 bits per heavy atom. The van der Waals surface area contributed by atoms with Crippen LogP contribution >= 0.6 is 0 Å². The molecule has 0 aromatic heterocycles. The predicted molar refractivity (Wildman–Crippen MR) is 445 cm³/mol. The molecule has 0 aromatic carbocycles. The number of allylic oxidation sites excluding steroid dienone is 1. The summed E-state index contributed by atoms with van der Waals surface area (Å²) in [6.07, 6.45) is 61.9. The fourth-order valence-corrected chi connectivity index (χ4v) is 25.6. The highest BCUT2D eigenvalue weighted by molar-refractivity contribution is 5.25. The van der Waals surface area contributed by atoms with E-state index in [4.69, 9.17) is 33.2 Å². The van der Waals surface area contributed by atoms with Crippen LogP contribution < -0.4 is 0 Å². The molecule has 18 atom stereocenters. The van der Waals surface area contributed by atoms with Gasteiger partial charge in [0, 0.05) is 59.5 Å². The van der Waals surface area contributed by atoms with Gasteiger partial charge in [-0.05, 0) is 324 Å². The molecule has 0 saturated heterocycles. The second-order valence-corrected chi connectivity index (χ2v) is 40.4. The predicted octanol–water partition coefficient (Wildman–Crippen LogP) is 27.8. The Balaban J connectivity index is 0.000000177. The van der Waals surface area contributed by atoms with E-state index in [0.29, 0.717) is 57.6 Å². The molecule has 0 heterocycles. The van der Waals surface area contributed by atoms with Crippen LogP contribution in [0.5, 0.6) is 0 Å². The standard InChI is InChI=1S/C29H50O.C14H26O.C12H22O.C12H24O.C11H22O.C10H18O.C9H18O/c1-7-30-23-15-17-28(5)22(19-23)11-12-24-26-14-13-25(21(4)10-8-9-20(2)3)29(26,6)18-16-27(24)28;1-2-15-14-11-7-6-10-13(14)12-8-4-3-5-9-12;1-5-13-10-11(2,3)9-6-7-12(10,4)8-9;1-5-13-11-8-6-10(7-9-11)12(2,3)4;1-4-12-11-8-6-5-7-10(11)9(2)3;1-2-11-7-10-6-8-3-4-9(10)5-8;1-2-10-8-9-6-4-3-5-7-9/h11,20-21,23-27H,7-10,12-19H2,1-6H3;12-14H,2-11H2,1H3;9-10H,5-8H2,1-4H3;10-11H,5-9H2,1-4H3;9-11H,4-8H2,1-3H3;8-10H,2-7H2,1H3;9H,2-8H2,1H3. The zero-order valence-corrected chi connectivity index (χ0v) is 73.2. The summed E-state index contributed by atoms with van der Waals surface area (Å²) in [7, 11) is 0. The normalized spacial score (nSPS) is 37.4. The molecule has 104 heavy (non-hydrogen) atoms. The molecule has 18 unspecified atom stereocenters. The average Bonchev–Trinajstić information content (AvgIpc) is 1.35. The Hall–Kier alpha value is -0.540. The van der Waals surface area contributed by atoms with Crippen LogP contribution in [0.1, 0.15) is 395 Å². The maximum absolute atomic E-state index is 6.04. The molecule has 12 saturated carbocycles. The third kappa shape index (κ3) is 26.0. The molecule has 0 spiro atoms. The first-order valence-corrected chi connectivity index (χ1v) is 46.8. The van der Waals surface area contributed by atoms with Crippen LogP contribution in [0, 0.1) is 122 Å². The summed E-state index contributed by atoms with van der Waals surface area (Å²) in [5, 5.41) is 0. The van der Waals surface area contributed by atoms with Gasteiger partial charge in [-0.25, -0.2) is 0 Å². The molecule has 610 valence electrons. The SMILES string of the molecule is CCOC1C2(C)CCC(C2)C1(C)C.CCOC1CCC(C(C)(C)C)CC1.CCOC1CCC2(C)C(=CCC3C2CCC2(C)C(C(C)CCCC(C)C)CCC32)C1.CCOC1CCCCC1C(C)C.CCOC1CCCCC1C1CCCCC1.CCOCC1CC2CCC1C2.CCOCC1CCCCC1. The van der Waals surface area contributed by atoms with Crippen LogP contribution in [-0.2, 0) is 33.2 Å². The van der Waals surface area contributed by atoms with E-state index < -0.39 is 0 Å². The largest absolute Gasteiger partial charge is 0.381 e. The lowest BCUT2D eigenvalue weighted by Gasteiger charge is -2.58. The van der Waals surface area contributed by atoms with Gasteiger partial charge < -0.3 is 33.2 Å². The lowest BCUT2D eigenvalue weighted by atomic mass is 9.47. The van der Waals surface area contributed by atoms with Crippen molar-refractivity contribution in [1.82, 2.24) is 0 Å². The molecule has 0 N–H and O–H groups in total. The first-order valence-electron chi connectivity index (χ1n) is 46.8. The first kappa shape index (κ1) is 90.7. The summed E-state index contributed by atoms with van der Waals surface area (Å²) in [5.41, 5.74) is 4.26. The Bertz CT molecular complexity index is 2260. The van der Waals surface area contributed by atoms with Crippen LogP contribution in [0.4, 0.5) is 0 Å². The first-order chi connectivity index (χ1) is 49.8. The van der Waals surface area contributed by atoms with Gasteiger partial charge in [0.15, 0.2) is 0 Å². The third-order valence-corrected chi connectivity index (χ3v) is 31.5. The summed E-state index contributed by atoms with van der Waals surface area (Å²) < 4.78 is 40.2. The van der Waals surface area contributed by atoms with E-state index >= 15 is 0 Å². The van der Waals surface area contributed by atoms with E-state index in [1.165, 1.54) is 257 Å². The van der Waals surface area contributed by atoms with Crippen LogP contribution in [0.2, 0.25) is 0 Å². The highest BCUT2D eigenvalue weighted by atomic mass is 16.5. The number of rotatable bonds is 23. The highest BCUT2D eigenvalue weighted by Gasteiger charge is 2.61. The maximum atomic E-state index is 6.04. The van der Waals surface area contributed by atoms with Crippen LogP contribution in [0.25, 0.3) is 0 Å². The van der Waals surface area contributed by atoms with Crippen molar-refractivity contribution in [3.8, 4) is 0 Å². The lowest BCUT2D eigenvalue weighted by molar-refractivity contribution is -0.0840. The topological polar surface area (TPSA) is 64.6 Å². The molecule has 7 heteroatoms. The quantitative estimate of drug-likeness (QED) is 0.0945. The molecule has 13 aliphatic rings. The molecule has 0 amide bonds. The fourth-order valence-electron chi connectivity index (χ4n) is 25.6. The molecule has 0 aromatic rings. The van der Waals surface area contributed by atoms with Gasteiger partial charge in [-0.2, -0.15) is 0 Å². The van der Waals surface area contributed by atoms with Crippen LogP contribution in [0.15, 0.2) is 11.6 Å². The minimum absolute atomic E-state index is 0.420. The maximum Gasteiger partial charge on any atom is 0.0682 e. The monoisotopic (exact) mass is 1460 g/mol. The molecular formula is C97H180O7. The molecule has 12 fully saturated rings. The minimum atomic E-state index is 0.420. The highest BCUT2D eigenvalue weighted by Crippen LogP contribution is 2.68. The van der Waals surface area contributed by atoms with Gasteiger partial charge in [0.05, 0.1) is 30.5 Å². The van der Waals surface area contributed by atoms with Crippen molar-refractivity contribution < 1.29 is 33.2 Å². The zero-order chi connectivity index (χ0) is 75.5. The van der Waals surface area contributed by atoms with Crippen molar-refractivity contribution in [2.75, 3.05) is 59.5 Å². The van der Waals surface area contributed by atoms with E-state index in [1.807, 2.05) is 0 Å².